The summed E-state index contributed by atoms with van der Waals surface area (Å²) >= 11 is 6.48. The number of aliphatic hydroxyl groups is 1. The molecule has 2 aliphatic heterocycles. The summed E-state index contributed by atoms with van der Waals surface area (Å²) in [5.41, 5.74) is 3.94. The summed E-state index contributed by atoms with van der Waals surface area (Å²) in [4.78, 5) is 11.9. The SMILES string of the molecule is Cn1nccc1-c1cc(F)c2c(c1)CCC2Oc1nc2nc(O[C@@H]3CO[C@H]4[C@@H]3OC[C@H]4O)[nH]c2cc1Cl. The van der Waals surface area contributed by atoms with Gasteiger partial charge in [0.1, 0.15) is 35.3 Å². The highest BCUT2D eigenvalue weighted by Crippen LogP contribution is 2.40. The van der Waals surface area contributed by atoms with E-state index in [9.17, 15) is 5.11 Å². The van der Waals surface area contributed by atoms with Crippen molar-refractivity contribution in [2.75, 3.05) is 13.2 Å². The summed E-state index contributed by atoms with van der Waals surface area (Å²) in [6.07, 6.45) is 0.586. The van der Waals surface area contributed by atoms with Crippen LogP contribution in [0.5, 0.6) is 11.9 Å². The van der Waals surface area contributed by atoms with Gasteiger partial charge in [0.15, 0.2) is 11.8 Å². The fraction of sp³-hybridized carbons (Fsp3) is 0.400. The van der Waals surface area contributed by atoms with E-state index >= 15 is 4.39 Å². The highest BCUT2D eigenvalue weighted by atomic mass is 35.5. The Bertz CT molecular complexity index is 1510. The van der Waals surface area contributed by atoms with Crippen LogP contribution in [0, 0.1) is 5.82 Å². The zero-order valence-electron chi connectivity index (χ0n) is 19.7. The van der Waals surface area contributed by atoms with Crippen molar-refractivity contribution in [3.63, 3.8) is 0 Å². The number of ether oxygens (including phenoxy) is 4. The van der Waals surface area contributed by atoms with Crippen molar-refractivity contribution < 1.29 is 28.4 Å². The molecule has 0 radical (unpaired) electrons. The Morgan fingerprint density at radius 2 is 2.03 bits per heavy atom. The largest absolute Gasteiger partial charge is 0.468 e. The van der Waals surface area contributed by atoms with Crippen molar-refractivity contribution >= 4 is 22.8 Å². The van der Waals surface area contributed by atoms with E-state index in [-0.39, 0.29) is 42.0 Å². The summed E-state index contributed by atoms with van der Waals surface area (Å²) < 4.78 is 40.2. The highest BCUT2D eigenvalue weighted by Gasteiger charge is 2.48. The van der Waals surface area contributed by atoms with E-state index in [1.165, 1.54) is 6.07 Å². The molecule has 2 saturated heterocycles. The van der Waals surface area contributed by atoms with E-state index in [1.54, 1.807) is 16.9 Å². The molecule has 0 amide bonds. The lowest BCUT2D eigenvalue weighted by atomic mass is 10.0. The molecule has 0 bridgehead atoms. The van der Waals surface area contributed by atoms with Gasteiger partial charge in [0, 0.05) is 24.4 Å². The van der Waals surface area contributed by atoms with E-state index in [1.807, 2.05) is 19.2 Å². The summed E-state index contributed by atoms with van der Waals surface area (Å²) in [6.45, 7) is 0.490. The molecule has 2 fully saturated rings. The van der Waals surface area contributed by atoms with Crippen LogP contribution in [0.4, 0.5) is 4.39 Å². The Morgan fingerprint density at radius 1 is 1.16 bits per heavy atom. The number of hydrogen-bond donors (Lipinski definition) is 2. The van der Waals surface area contributed by atoms with Gasteiger partial charge >= 0.3 is 0 Å². The van der Waals surface area contributed by atoms with Crippen LogP contribution in [-0.4, -0.2) is 67.5 Å². The highest BCUT2D eigenvalue weighted by molar-refractivity contribution is 6.32. The second-order valence-corrected chi connectivity index (χ2v) is 9.93. The lowest BCUT2D eigenvalue weighted by Crippen LogP contribution is -2.34. The Kier molecular flexibility index (Phi) is 5.36. The monoisotopic (exact) mass is 527 g/mol. The third kappa shape index (κ3) is 3.84. The smallest absolute Gasteiger partial charge is 0.296 e. The van der Waals surface area contributed by atoms with Crippen LogP contribution in [0.15, 0.2) is 30.5 Å². The molecule has 1 aliphatic carbocycles. The number of fused-ring (bicyclic) bond motifs is 3. The Hall–Kier alpha value is -3.25. The fourth-order valence-electron chi connectivity index (χ4n) is 5.44. The third-order valence-corrected chi connectivity index (χ3v) is 7.47. The van der Waals surface area contributed by atoms with Crippen LogP contribution in [0.1, 0.15) is 23.7 Å². The molecule has 3 aromatic heterocycles. The Balaban J connectivity index is 1.12. The first-order valence-corrected chi connectivity index (χ1v) is 12.4. The molecule has 12 heteroatoms. The van der Waals surface area contributed by atoms with Crippen molar-refractivity contribution in [3.8, 4) is 23.1 Å². The van der Waals surface area contributed by atoms with Crippen LogP contribution in [0.25, 0.3) is 22.4 Å². The number of halogens is 2. The number of aryl methyl sites for hydroxylation is 2. The summed E-state index contributed by atoms with van der Waals surface area (Å²) in [7, 11) is 1.83. The van der Waals surface area contributed by atoms with Gasteiger partial charge in [-0.15, -0.1) is 0 Å². The van der Waals surface area contributed by atoms with Crippen molar-refractivity contribution in [1.29, 1.82) is 0 Å². The minimum absolute atomic E-state index is 0.173. The molecule has 1 aromatic carbocycles. The van der Waals surface area contributed by atoms with Crippen molar-refractivity contribution in [3.05, 3.63) is 52.4 Å². The molecule has 10 nitrogen and oxygen atoms in total. The van der Waals surface area contributed by atoms with E-state index in [2.05, 4.69) is 20.1 Å². The number of H-pyrrole nitrogens is 1. The zero-order valence-corrected chi connectivity index (χ0v) is 20.5. The topological polar surface area (TPSA) is 117 Å². The second kappa shape index (κ2) is 8.66. The maximum atomic E-state index is 15.3. The summed E-state index contributed by atoms with van der Waals surface area (Å²) in [6, 6.07) is 7.24. The average molecular weight is 528 g/mol. The van der Waals surface area contributed by atoms with E-state index in [4.69, 9.17) is 30.5 Å². The first-order chi connectivity index (χ1) is 17.9. The average Bonchev–Trinajstić information content (AvgIpc) is 3.67. The number of nitrogens with zero attached hydrogens (tertiary/aromatic N) is 4. The minimum Gasteiger partial charge on any atom is -0.468 e. The van der Waals surface area contributed by atoms with Crippen molar-refractivity contribution in [2.45, 2.75) is 43.4 Å². The third-order valence-electron chi connectivity index (χ3n) is 7.20. The predicted molar refractivity (Wildman–Crippen MR) is 129 cm³/mol. The molecule has 2 N–H and O–H groups in total. The lowest BCUT2D eigenvalue weighted by Gasteiger charge is -2.16. The lowest BCUT2D eigenvalue weighted by molar-refractivity contribution is 0.00706. The molecule has 192 valence electrons. The number of aromatic amines is 1. The summed E-state index contributed by atoms with van der Waals surface area (Å²) in [5.74, 6) is -0.160. The van der Waals surface area contributed by atoms with E-state index < -0.39 is 24.4 Å². The number of aliphatic hydroxyl groups excluding tert-OH is 1. The molecule has 7 rings (SSSR count). The maximum Gasteiger partial charge on any atom is 0.296 e. The number of benzene rings is 1. The zero-order chi connectivity index (χ0) is 25.3. The molecule has 4 aromatic rings. The molecule has 5 heterocycles. The number of pyridine rings is 1. The molecule has 5 atom stereocenters. The predicted octanol–water partition coefficient (Wildman–Crippen LogP) is 3.12. The number of imidazole rings is 1. The van der Waals surface area contributed by atoms with Crippen LogP contribution in [0.3, 0.4) is 0 Å². The van der Waals surface area contributed by atoms with Crippen LogP contribution in [0.2, 0.25) is 5.02 Å². The second-order valence-electron chi connectivity index (χ2n) is 9.52. The van der Waals surface area contributed by atoms with Crippen molar-refractivity contribution in [2.24, 2.45) is 7.05 Å². The maximum absolute atomic E-state index is 15.3. The number of nitrogens with one attached hydrogen (secondary N) is 1. The molecule has 3 aliphatic rings. The van der Waals surface area contributed by atoms with Gasteiger partial charge in [0.2, 0.25) is 5.88 Å². The van der Waals surface area contributed by atoms with Gasteiger partial charge in [-0.25, -0.2) is 4.39 Å². The van der Waals surface area contributed by atoms with Crippen molar-refractivity contribution in [1.82, 2.24) is 24.7 Å². The van der Waals surface area contributed by atoms with E-state index in [0.29, 0.717) is 29.6 Å². The molecule has 1 unspecified atom stereocenters. The number of rotatable bonds is 5. The molecule has 0 saturated carbocycles. The van der Waals surface area contributed by atoms with Gasteiger partial charge in [-0.3, -0.25) is 4.68 Å². The van der Waals surface area contributed by atoms with E-state index in [0.717, 1.165) is 16.8 Å². The minimum atomic E-state index is -0.665. The number of aromatic nitrogens is 5. The molecule has 0 spiro atoms. The van der Waals surface area contributed by atoms with Gasteiger partial charge in [0.05, 0.1) is 24.4 Å². The van der Waals surface area contributed by atoms with Gasteiger partial charge in [-0.1, -0.05) is 11.6 Å². The number of hydrogen-bond acceptors (Lipinski definition) is 8. The van der Waals surface area contributed by atoms with Crippen LogP contribution in [-0.2, 0) is 22.9 Å². The molecule has 37 heavy (non-hydrogen) atoms. The first-order valence-electron chi connectivity index (χ1n) is 12.1. The molecular weight excluding hydrogens is 505 g/mol. The standard InChI is InChI=1S/C25H23ClFN5O5/c1-32-16(4-5-28-32)12-6-11-2-3-18(20(11)14(27)7-12)36-24-13(26)8-15-23(30-24)31-25(29-15)37-19-10-35-21-17(33)9-34-22(19)21/h4-8,17-19,21-22,33H,2-3,9-10H2,1H3,(H,29,30,31)/t17-,18?,19-,21-,22-/m1/s1. The Labute approximate surface area is 215 Å². The van der Waals surface area contributed by atoms with Crippen LogP contribution < -0.4 is 9.47 Å². The van der Waals surface area contributed by atoms with Gasteiger partial charge in [-0.05, 0) is 42.7 Å². The normalized spacial score (nSPS) is 26.5. The first kappa shape index (κ1) is 22.9. The quantitative estimate of drug-likeness (QED) is 0.407. The van der Waals surface area contributed by atoms with Gasteiger partial charge in [0.25, 0.3) is 6.01 Å². The fourth-order valence-corrected chi connectivity index (χ4v) is 5.63. The van der Waals surface area contributed by atoms with Gasteiger partial charge in [-0.2, -0.15) is 15.1 Å². The van der Waals surface area contributed by atoms with Gasteiger partial charge < -0.3 is 29.0 Å². The van der Waals surface area contributed by atoms with Crippen LogP contribution >= 0.6 is 11.6 Å². The molecular formula is C25H23ClFN5O5. The summed E-state index contributed by atoms with van der Waals surface area (Å²) in [5, 5.41) is 14.4. The Morgan fingerprint density at radius 3 is 2.86 bits per heavy atom.